The van der Waals surface area contributed by atoms with Gasteiger partial charge in [0.1, 0.15) is 5.60 Å². The van der Waals surface area contributed by atoms with E-state index in [1.165, 1.54) is 12.1 Å². The van der Waals surface area contributed by atoms with Crippen molar-refractivity contribution in [3.8, 4) is 0 Å². The molecule has 0 aliphatic heterocycles. The van der Waals surface area contributed by atoms with Crippen LogP contribution in [0.15, 0.2) is 24.3 Å². The van der Waals surface area contributed by atoms with Gasteiger partial charge in [0.15, 0.2) is 0 Å². The van der Waals surface area contributed by atoms with Crippen molar-refractivity contribution < 1.29 is 14.5 Å². The first-order valence-electron chi connectivity index (χ1n) is 6.40. The molecular weight excluding hydrogens is 260 g/mol. The van der Waals surface area contributed by atoms with E-state index in [-0.39, 0.29) is 11.7 Å². The molecule has 20 heavy (non-hydrogen) atoms. The van der Waals surface area contributed by atoms with Crippen molar-refractivity contribution in [3.63, 3.8) is 0 Å². The van der Waals surface area contributed by atoms with Crippen molar-refractivity contribution in [3.05, 3.63) is 39.9 Å². The fourth-order valence-electron chi connectivity index (χ4n) is 1.71. The average molecular weight is 280 g/mol. The van der Waals surface area contributed by atoms with Gasteiger partial charge in [-0.25, -0.2) is 4.79 Å². The molecule has 6 heteroatoms. The van der Waals surface area contributed by atoms with Crippen molar-refractivity contribution in [2.24, 2.45) is 0 Å². The molecule has 0 spiro atoms. The Labute approximate surface area is 118 Å². The van der Waals surface area contributed by atoms with Gasteiger partial charge in [-0.15, -0.1) is 0 Å². The van der Waals surface area contributed by atoms with E-state index in [1.54, 1.807) is 32.9 Å². The van der Waals surface area contributed by atoms with E-state index in [2.05, 4.69) is 5.32 Å². The van der Waals surface area contributed by atoms with Gasteiger partial charge in [-0.05, 0) is 39.7 Å². The lowest BCUT2D eigenvalue weighted by Gasteiger charge is -2.22. The largest absolute Gasteiger partial charge is 0.444 e. The predicted molar refractivity (Wildman–Crippen MR) is 75.6 cm³/mol. The second kappa shape index (κ2) is 6.36. The fraction of sp³-hybridized carbons (Fsp3) is 0.500. The Morgan fingerprint density at radius 3 is 2.65 bits per heavy atom. The van der Waals surface area contributed by atoms with Crippen LogP contribution in [0, 0.1) is 10.1 Å². The van der Waals surface area contributed by atoms with Gasteiger partial charge in [-0.3, -0.25) is 10.1 Å². The highest BCUT2D eigenvalue weighted by Crippen LogP contribution is 2.14. The zero-order valence-corrected chi connectivity index (χ0v) is 12.2. The van der Waals surface area contributed by atoms with Crippen LogP contribution in [0.3, 0.4) is 0 Å². The van der Waals surface area contributed by atoms with Crippen molar-refractivity contribution in [2.75, 3.05) is 0 Å². The van der Waals surface area contributed by atoms with E-state index < -0.39 is 16.6 Å². The molecule has 1 rings (SSSR count). The topological polar surface area (TPSA) is 81.5 Å². The Hall–Kier alpha value is -2.11. The molecule has 0 saturated carbocycles. The molecule has 0 fully saturated rings. The first-order chi connectivity index (χ1) is 9.17. The van der Waals surface area contributed by atoms with Crippen molar-refractivity contribution in [1.29, 1.82) is 0 Å². The van der Waals surface area contributed by atoms with Crippen LogP contribution in [-0.2, 0) is 11.2 Å². The van der Waals surface area contributed by atoms with E-state index in [4.69, 9.17) is 4.74 Å². The summed E-state index contributed by atoms with van der Waals surface area (Å²) in [6.45, 7) is 7.19. The van der Waals surface area contributed by atoms with Crippen molar-refractivity contribution >= 4 is 11.8 Å². The van der Waals surface area contributed by atoms with Crippen LogP contribution in [0.25, 0.3) is 0 Å². The Kier molecular flexibility index (Phi) is 5.07. The van der Waals surface area contributed by atoms with Gasteiger partial charge in [-0.2, -0.15) is 0 Å². The molecule has 1 aromatic rings. The van der Waals surface area contributed by atoms with Gasteiger partial charge in [0, 0.05) is 18.2 Å². The van der Waals surface area contributed by atoms with Gasteiger partial charge in [-0.1, -0.05) is 12.1 Å². The second-order valence-corrected chi connectivity index (χ2v) is 5.68. The lowest BCUT2D eigenvalue weighted by molar-refractivity contribution is -0.384. The smallest absolute Gasteiger partial charge is 0.407 e. The van der Waals surface area contributed by atoms with E-state index in [0.717, 1.165) is 5.56 Å². The summed E-state index contributed by atoms with van der Waals surface area (Å²) < 4.78 is 5.15. The molecule has 0 saturated heterocycles. The van der Waals surface area contributed by atoms with Gasteiger partial charge >= 0.3 is 6.09 Å². The lowest BCUT2D eigenvalue weighted by atomic mass is 10.1. The third kappa shape index (κ3) is 5.69. The molecule has 0 aromatic heterocycles. The number of nitro groups is 1. The van der Waals surface area contributed by atoms with Gasteiger partial charge in [0.05, 0.1) is 4.92 Å². The summed E-state index contributed by atoms with van der Waals surface area (Å²) in [5.74, 6) is 0. The maximum absolute atomic E-state index is 11.6. The Balaban J connectivity index is 2.58. The molecule has 1 unspecified atom stereocenters. The first kappa shape index (κ1) is 15.9. The lowest BCUT2D eigenvalue weighted by Crippen LogP contribution is -2.38. The quantitative estimate of drug-likeness (QED) is 0.679. The van der Waals surface area contributed by atoms with Crippen LogP contribution in [0.2, 0.25) is 0 Å². The van der Waals surface area contributed by atoms with Crippen LogP contribution in [0.1, 0.15) is 33.3 Å². The van der Waals surface area contributed by atoms with Crippen LogP contribution >= 0.6 is 0 Å². The molecule has 1 amide bonds. The van der Waals surface area contributed by atoms with Crippen LogP contribution in [0.5, 0.6) is 0 Å². The molecule has 0 aliphatic rings. The number of non-ortho nitro benzene ring substituents is 1. The van der Waals surface area contributed by atoms with Crippen molar-refractivity contribution in [1.82, 2.24) is 5.32 Å². The number of benzene rings is 1. The Morgan fingerprint density at radius 1 is 1.45 bits per heavy atom. The highest BCUT2D eigenvalue weighted by atomic mass is 16.6. The van der Waals surface area contributed by atoms with Crippen LogP contribution < -0.4 is 5.32 Å². The van der Waals surface area contributed by atoms with E-state index in [0.29, 0.717) is 6.42 Å². The molecule has 110 valence electrons. The van der Waals surface area contributed by atoms with Crippen LogP contribution in [-0.4, -0.2) is 22.7 Å². The minimum Gasteiger partial charge on any atom is -0.444 e. The van der Waals surface area contributed by atoms with Gasteiger partial charge < -0.3 is 10.1 Å². The number of carbonyl (C=O) groups is 1. The number of hydrogen-bond donors (Lipinski definition) is 1. The highest BCUT2D eigenvalue weighted by molar-refractivity contribution is 5.68. The third-order valence-electron chi connectivity index (χ3n) is 2.43. The van der Waals surface area contributed by atoms with Crippen LogP contribution in [0.4, 0.5) is 10.5 Å². The summed E-state index contributed by atoms with van der Waals surface area (Å²) in [6.07, 6.45) is 0.0106. The fourth-order valence-corrected chi connectivity index (χ4v) is 1.71. The van der Waals surface area contributed by atoms with Gasteiger partial charge in [0.2, 0.25) is 0 Å². The number of nitrogens with one attached hydrogen (secondary N) is 1. The van der Waals surface area contributed by atoms with Gasteiger partial charge in [0.25, 0.3) is 5.69 Å². The monoisotopic (exact) mass is 280 g/mol. The number of nitro benzene ring substituents is 1. The van der Waals surface area contributed by atoms with E-state index >= 15 is 0 Å². The third-order valence-corrected chi connectivity index (χ3v) is 2.43. The standard InChI is InChI=1S/C14H20N2O4/c1-10(15-13(17)20-14(2,3)4)8-11-6-5-7-12(9-11)16(18)19/h5-7,9-10H,8H2,1-4H3,(H,15,17). The summed E-state index contributed by atoms with van der Waals surface area (Å²) in [4.78, 5) is 21.8. The minimum absolute atomic E-state index is 0.0481. The zero-order valence-electron chi connectivity index (χ0n) is 12.2. The average Bonchev–Trinajstić information content (AvgIpc) is 2.25. The van der Waals surface area contributed by atoms with Crippen molar-refractivity contribution in [2.45, 2.75) is 45.8 Å². The molecule has 0 radical (unpaired) electrons. The molecule has 0 heterocycles. The second-order valence-electron chi connectivity index (χ2n) is 5.68. The molecule has 6 nitrogen and oxygen atoms in total. The van der Waals surface area contributed by atoms with E-state index in [9.17, 15) is 14.9 Å². The number of carbonyl (C=O) groups excluding carboxylic acids is 1. The predicted octanol–water partition coefficient (Wildman–Crippen LogP) is 3.05. The molecule has 0 aliphatic carbocycles. The molecular formula is C14H20N2O4. The number of nitrogens with zero attached hydrogens (tertiary/aromatic N) is 1. The Morgan fingerprint density at radius 2 is 2.10 bits per heavy atom. The SMILES string of the molecule is CC(Cc1cccc([N+](=O)[O-])c1)NC(=O)OC(C)(C)C. The normalized spacial score (nSPS) is 12.6. The molecule has 1 atom stereocenters. The summed E-state index contributed by atoms with van der Waals surface area (Å²) in [7, 11) is 0. The summed E-state index contributed by atoms with van der Waals surface area (Å²) >= 11 is 0. The summed E-state index contributed by atoms with van der Waals surface area (Å²) in [6, 6.07) is 6.20. The zero-order chi connectivity index (χ0) is 15.3. The Bertz CT molecular complexity index is 494. The summed E-state index contributed by atoms with van der Waals surface area (Å²) in [5.41, 5.74) is 0.296. The maximum Gasteiger partial charge on any atom is 0.407 e. The highest BCUT2D eigenvalue weighted by Gasteiger charge is 2.18. The summed E-state index contributed by atoms with van der Waals surface area (Å²) in [5, 5.41) is 13.4. The number of hydrogen-bond acceptors (Lipinski definition) is 4. The molecule has 0 bridgehead atoms. The molecule has 1 aromatic carbocycles. The maximum atomic E-state index is 11.6. The number of alkyl carbamates (subject to hydrolysis) is 1. The molecule has 1 N–H and O–H groups in total. The number of rotatable bonds is 4. The number of amides is 1. The number of ether oxygens (including phenoxy) is 1. The first-order valence-corrected chi connectivity index (χ1v) is 6.40. The van der Waals surface area contributed by atoms with E-state index in [1.807, 2.05) is 6.92 Å². The minimum atomic E-state index is -0.546.